The number of esters is 2. The van der Waals surface area contributed by atoms with Crippen LogP contribution in [-0.2, 0) is 109 Å². The number of fused-ring (bicyclic) bond motifs is 3. The molecule has 3 aliphatic rings. The number of anilines is 5. The fourth-order valence-electron chi connectivity index (χ4n) is 13.9. The van der Waals surface area contributed by atoms with Gasteiger partial charge in [0.25, 0.3) is 0 Å². The van der Waals surface area contributed by atoms with E-state index in [-0.39, 0.29) is 83.8 Å². The van der Waals surface area contributed by atoms with Gasteiger partial charge in [-0.1, -0.05) is 99.0 Å². The zero-order valence-electron chi connectivity index (χ0n) is 78.8. The molecule has 125 heavy (non-hydrogen) atoms. The zero-order valence-corrected chi connectivity index (χ0v) is 81.1. The van der Waals surface area contributed by atoms with Gasteiger partial charge in [-0.25, -0.2) is 67.6 Å². The van der Waals surface area contributed by atoms with Gasteiger partial charge in [0.2, 0.25) is 0 Å². The minimum atomic E-state index is -1.12. The summed E-state index contributed by atoms with van der Waals surface area (Å²) in [7, 11) is 3.00. The van der Waals surface area contributed by atoms with Crippen molar-refractivity contribution in [3.63, 3.8) is 0 Å². The fraction of sp³-hybridized carbons (Fsp3) is 0.660. The van der Waals surface area contributed by atoms with E-state index in [0.29, 0.717) is 75.2 Å². The maximum Gasteiger partial charge on any atom is 2.00 e. The topological polar surface area (TPSA) is 320 Å². The molecule has 0 saturated carbocycles. The van der Waals surface area contributed by atoms with E-state index in [4.69, 9.17) is 51.2 Å². The van der Waals surface area contributed by atoms with Crippen LogP contribution in [0.4, 0.5) is 42.3 Å². The number of pyridine rings is 3. The summed E-state index contributed by atoms with van der Waals surface area (Å²) in [5.41, 5.74) is 14.3. The van der Waals surface area contributed by atoms with Crippen LogP contribution in [-0.4, -0.2) is 236 Å². The molecule has 704 valence electrons. The number of aromatic nitrogens is 9. The van der Waals surface area contributed by atoms with Gasteiger partial charge in [-0.05, 0) is 224 Å². The number of rotatable bonds is 42. The third-order valence-corrected chi connectivity index (χ3v) is 20.9. The van der Waals surface area contributed by atoms with Crippen LogP contribution in [0.5, 0.6) is 0 Å². The van der Waals surface area contributed by atoms with E-state index in [0.717, 1.165) is 181 Å². The number of aliphatic carboxylic acids is 1. The van der Waals surface area contributed by atoms with Gasteiger partial charge < -0.3 is 85.9 Å². The number of alkyl halides is 3. The average Bonchev–Trinajstić information content (AvgIpc) is 0.859. The Balaban J connectivity index is 0.000000452. The van der Waals surface area contributed by atoms with Crippen LogP contribution in [0.15, 0.2) is 73.6 Å². The molecule has 0 amide bonds. The van der Waals surface area contributed by atoms with Crippen molar-refractivity contribution in [3.05, 3.63) is 144 Å². The normalized spacial score (nSPS) is 14.6. The van der Waals surface area contributed by atoms with Gasteiger partial charge in [-0.3, -0.25) is 4.79 Å². The van der Waals surface area contributed by atoms with Crippen LogP contribution in [0.3, 0.4) is 0 Å². The van der Waals surface area contributed by atoms with Crippen molar-refractivity contribution in [1.82, 2.24) is 59.6 Å². The Kier molecular flexibility index (Phi) is 50.2. The number of unbranched alkanes of at least 4 members (excludes halogenated alkanes) is 3. The number of aryl methyl sites for hydroxylation is 6. The number of hydrogen-bond acceptors (Lipinski definition) is 25. The molecule has 31 heteroatoms. The molecule has 0 radical (unpaired) electrons. The number of carbonyl (C=O) groups is 3. The molecule has 6 atom stereocenters. The Morgan fingerprint density at radius 2 is 0.832 bits per heavy atom. The SMILES string of the molecule is CC(C)(C)c1cc(Cl)ncn1.CC[C@@H](F)CN(CCCCc1ccc2c(n1)NCCC2)CC[C@H](Nc1cc(C(C)(C)C)ncn1)C(=O)O.COC[C@@H](F)CN(CCCCc1ccc2c(n1)NCCC2)CC[C@H](N)C(=O)OC(C)(C)C.COC[C@@H](F)CN(CCCCc1ccc2c(n1)NCCC2)CC[C@H](Nc1cc(C(C)(C)C)ncn1)C(=O)OC(C)(C)C.[CH3-].[CH3-].[Pd+2]. The van der Waals surface area contributed by atoms with Crippen LogP contribution in [0, 0.1) is 14.9 Å². The number of carboxylic acids is 1. The second-order valence-electron chi connectivity index (χ2n) is 37.2. The second-order valence-corrected chi connectivity index (χ2v) is 37.6. The summed E-state index contributed by atoms with van der Waals surface area (Å²) >= 11 is 5.70. The van der Waals surface area contributed by atoms with E-state index in [2.05, 4.69) is 139 Å². The van der Waals surface area contributed by atoms with Gasteiger partial charge in [0, 0.05) is 119 Å². The molecule has 0 saturated heterocycles. The molecule has 0 unspecified atom stereocenters. The van der Waals surface area contributed by atoms with Gasteiger partial charge in [0.05, 0.1) is 30.3 Å². The van der Waals surface area contributed by atoms with Gasteiger partial charge in [-0.15, -0.1) is 0 Å². The Hall–Kier alpha value is -7.40. The van der Waals surface area contributed by atoms with Crippen LogP contribution < -0.4 is 32.3 Å². The van der Waals surface area contributed by atoms with Crippen molar-refractivity contribution in [2.45, 2.75) is 297 Å². The standard InChI is InChI=1S/C32H51FN6O3.C28H43FN6O2.C24H41FN4O3.C8H11ClN2.2CH3.Pd/c1-31(2,3)27-19-28(36-22-35-27)38-26(30(40)42-32(4,5)6)15-18-39(20-24(33)21-41-7)17-9-8-12-25-14-13-23-11-10-16-34-29(23)37-25;1-5-21(29)18-35(15-7-6-10-22-12-11-20-9-8-14-30-26(20)33-22)16-13-23(27(36)37)34-25-17-24(28(2,3)4)31-19-32-25;1-24(2,3)32-23(30)21(26)12-15-29(16-19(25)17-31-4)14-6-5-9-20-11-10-18-8-7-13-27-22(18)28-20;1-8(2,3)6-4-7(9)11-5-10-6;;;/h13-14,19,22,24,26H,8-12,15-18,20-21H2,1-7H3,(H,34,37)(H,35,36,38);11-12,17,19,21,23H,5-10,13-16,18H2,1-4H3,(H,30,33)(H,36,37)(H,31,32,34);10-11,19,21H,5-9,12-17,26H2,1-4H3,(H,27,28);4-5H,1-3H3;2*1H3;/q;;;;2*-1;+2/t24-,26-;21-,23+;19-,21-;;;;/m010..../s1. The van der Waals surface area contributed by atoms with Crippen LogP contribution in [0.25, 0.3) is 0 Å². The number of halogens is 4. The number of carboxylic acid groups (broad SMARTS) is 1. The van der Waals surface area contributed by atoms with E-state index < -0.39 is 59.8 Å². The number of nitrogens with one attached hydrogen (secondary N) is 5. The number of carbonyl (C=O) groups excluding carboxylic acids is 2. The Bertz CT molecular complexity index is 4090. The molecule has 8 N–H and O–H groups in total. The summed E-state index contributed by atoms with van der Waals surface area (Å²) < 4.78 is 64.2. The van der Waals surface area contributed by atoms with E-state index in [1.165, 1.54) is 49.9 Å². The van der Waals surface area contributed by atoms with Crippen molar-refractivity contribution in [1.29, 1.82) is 0 Å². The van der Waals surface area contributed by atoms with E-state index in [1.807, 2.05) is 85.1 Å². The van der Waals surface area contributed by atoms with Crippen molar-refractivity contribution in [2.24, 2.45) is 5.73 Å². The van der Waals surface area contributed by atoms with Crippen molar-refractivity contribution in [2.75, 3.05) is 133 Å². The first-order chi connectivity index (χ1) is 57.7. The summed E-state index contributed by atoms with van der Waals surface area (Å²) in [5, 5.41) is 26.8. The molecule has 26 nitrogen and oxygen atoms in total. The monoisotopic (exact) mass is 1860 g/mol. The van der Waals surface area contributed by atoms with Gasteiger partial charge in [0.15, 0.2) is 0 Å². The number of ether oxygens (including phenoxy) is 4. The molecule has 6 aromatic heterocycles. The van der Waals surface area contributed by atoms with Gasteiger partial charge >= 0.3 is 38.3 Å². The van der Waals surface area contributed by atoms with E-state index in [1.54, 1.807) is 12.1 Å². The summed E-state index contributed by atoms with van der Waals surface area (Å²) in [5.74, 6) is 2.37. The molecular formula is C94H152ClF3N18O8Pd. The first-order valence-corrected chi connectivity index (χ1v) is 44.4. The fourth-order valence-corrected chi connectivity index (χ4v) is 14.0. The molecule has 0 spiro atoms. The summed E-state index contributed by atoms with van der Waals surface area (Å²) in [6, 6.07) is 16.1. The molecule has 0 aliphatic carbocycles. The smallest absolute Gasteiger partial charge is 0.480 e. The van der Waals surface area contributed by atoms with Gasteiger partial charge in [-0.2, -0.15) is 0 Å². The Morgan fingerprint density at radius 3 is 1.18 bits per heavy atom. The molecular weight excluding hydrogens is 1710 g/mol. The second kappa shape index (κ2) is 56.1. The summed E-state index contributed by atoms with van der Waals surface area (Å²) in [6.45, 7) is 39.0. The number of methoxy groups -OCH3 is 2. The van der Waals surface area contributed by atoms with Crippen molar-refractivity contribution >= 4 is 58.6 Å². The largest absolute Gasteiger partial charge is 2.00 e. The molecule has 9 rings (SSSR count). The first kappa shape index (κ1) is 112. The van der Waals surface area contributed by atoms with E-state index >= 15 is 0 Å². The average molecular weight is 1860 g/mol. The van der Waals surface area contributed by atoms with Crippen molar-refractivity contribution < 1.29 is 72.0 Å². The molecule has 6 aromatic rings. The Morgan fingerprint density at radius 1 is 0.488 bits per heavy atom. The molecule has 0 fully saturated rings. The minimum absolute atomic E-state index is 0. The molecule has 0 aromatic carbocycles. The van der Waals surface area contributed by atoms with Crippen molar-refractivity contribution in [3.8, 4) is 0 Å². The maximum atomic E-state index is 14.7. The summed E-state index contributed by atoms with van der Waals surface area (Å²) in [6.07, 6.45) is 17.8. The predicted molar refractivity (Wildman–Crippen MR) is 496 cm³/mol. The quantitative estimate of drug-likeness (QED) is 0.00615. The third kappa shape index (κ3) is 44.0. The molecule has 9 heterocycles. The molecule has 0 bridgehead atoms. The van der Waals surface area contributed by atoms with Crippen LogP contribution in [0.2, 0.25) is 5.15 Å². The predicted octanol–water partition coefficient (Wildman–Crippen LogP) is 16.6. The first-order valence-electron chi connectivity index (χ1n) is 44.0. The number of hydrogen-bond donors (Lipinski definition) is 7. The molecule has 3 aliphatic heterocycles. The third-order valence-electron chi connectivity index (χ3n) is 20.7. The van der Waals surface area contributed by atoms with Crippen LogP contribution in [0.1, 0.15) is 245 Å². The minimum Gasteiger partial charge on any atom is -0.480 e. The number of nitrogens with zero attached hydrogens (tertiary/aromatic N) is 12. The Labute approximate surface area is 765 Å². The number of nitrogens with two attached hydrogens (primary N) is 1. The van der Waals surface area contributed by atoms with Gasteiger partial charge in [0.1, 0.15) is 101 Å². The van der Waals surface area contributed by atoms with E-state index in [9.17, 15) is 32.7 Å². The van der Waals surface area contributed by atoms with Crippen LogP contribution >= 0.6 is 11.6 Å². The summed E-state index contributed by atoms with van der Waals surface area (Å²) in [4.78, 5) is 83.0. The maximum absolute atomic E-state index is 14.7. The zero-order chi connectivity index (χ0) is 89.6.